The molecule has 4 amide bonds. The smallest absolute Gasteiger partial charge is 0.332 e. The Balaban J connectivity index is 1.33. The van der Waals surface area contributed by atoms with Crippen molar-refractivity contribution in [3.63, 3.8) is 0 Å². The summed E-state index contributed by atoms with van der Waals surface area (Å²) in [5.74, 6) is -0.318. The number of unbranched alkanes of at least 4 members (excludes halogenated alkanes) is 1. The Hall–Kier alpha value is -4.00. The van der Waals surface area contributed by atoms with Crippen LogP contribution in [-0.2, 0) is 22.6 Å². The van der Waals surface area contributed by atoms with E-state index in [2.05, 4.69) is 24.1 Å². The average molecular weight is 604 g/mol. The van der Waals surface area contributed by atoms with Gasteiger partial charge in [0.05, 0.1) is 31.6 Å². The quantitative estimate of drug-likeness (QED) is 0.237. The molecule has 3 aliphatic heterocycles. The molecular formula is C31H37N7O4S. The number of furan rings is 1. The Morgan fingerprint density at radius 2 is 2.14 bits per heavy atom. The summed E-state index contributed by atoms with van der Waals surface area (Å²) in [6.45, 7) is 7.27. The van der Waals surface area contributed by atoms with E-state index in [0.29, 0.717) is 19.5 Å². The van der Waals surface area contributed by atoms with Gasteiger partial charge in [-0.05, 0) is 41.8 Å². The van der Waals surface area contributed by atoms with Crippen molar-refractivity contribution in [2.24, 2.45) is 5.73 Å². The number of carbonyl (C=O) groups is 3. The number of nitrogens with one attached hydrogen (secondary N) is 2. The molecule has 4 heterocycles. The van der Waals surface area contributed by atoms with Crippen LogP contribution in [0.3, 0.4) is 0 Å². The predicted molar refractivity (Wildman–Crippen MR) is 166 cm³/mol. The zero-order valence-electron chi connectivity index (χ0n) is 24.2. The van der Waals surface area contributed by atoms with Crippen LogP contribution in [0, 0.1) is 0 Å². The van der Waals surface area contributed by atoms with Gasteiger partial charge in [0.1, 0.15) is 23.3 Å². The molecule has 226 valence electrons. The lowest BCUT2D eigenvalue weighted by molar-refractivity contribution is -0.157. The number of anilines is 1. The Kier molecular flexibility index (Phi) is 8.33. The van der Waals surface area contributed by atoms with Crippen molar-refractivity contribution in [3.8, 4) is 0 Å². The van der Waals surface area contributed by atoms with Gasteiger partial charge in [0.15, 0.2) is 0 Å². The van der Waals surface area contributed by atoms with Gasteiger partial charge in [0.2, 0.25) is 11.8 Å². The predicted octanol–water partition coefficient (Wildman–Crippen LogP) is 3.53. The Bertz CT molecular complexity index is 1540. The number of hydrazine groups is 1. The molecule has 2 aromatic carbocycles. The van der Waals surface area contributed by atoms with Crippen molar-refractivity contribution < 1.29 is 18.8 Å². The number of para-hydroxylation sites is 1. The second kappa shape index (κ2) is 12.3. The van der Waals surface area contributed by atoms with Gasteiger partial charge in [-0.1, -0.05) is 49.4 Å². The van der Waals surface area contributed by atoms with Crippen LogP contribution in [0.5, 0.6) is 0 Å². The highest BCUT2D eigenvalue weighted by Crippen LogP contribution is 2.40. The zero-order valence-corrected chi connectivity index (χ0v) is 25.0. The number of nitrogens with two attached hydrogens (primary N) is 1. The molecule has 0 bridgehead atoms. The summed E-state index contributed by atoms with van der Waals surface area (Å²) >= 11 is 1.54. The van der Waals surface area contributed by atoms with Gasteiger partial charge in [-0.2, -0.15) is 5.01 Å². The fourth-order valence-corrected chi connectivity index (χ4v) is 7.05. The standard InChI is InChI=1S/C31H37N7O4S/c1-3-5-12-33-31(41)36(13-4-2)37-19-27(39)38-23(16-20-9-10-24-21(15-20)11-14-42-24)29(40)35(18-26(37)38)17-22-7-6-8-25-28(22)34-30(32)43-25/h4,6-11,14-15,23,26,30,34H,2-3,5,12-13,16-19,32H2,1H3,(H,33,41)/t23-,26+,30?/m0/s1. The third-order valence-electron chi connectivity index (χ3n) is 8.18. The van der Waals surface area contributed by atoms with Gasteiger partial charge in [-0.15, -0.1) is 6.58 Å². The number of amides is 4. The minimum absolute atomic E-state index is 0.00806. The second-order valence-electron chi connectivity index (χ2n) is 11.0. The maximum atomic E-state index is 14.2. The SMILES string of the molecule is C=CCN(C(=O)NCCCC)N1CC(=O)N2[C@@H](Cc3ccc4occc4c3)C(=O)N(Cc3cccc4c3NC(N)S4)C[C@@H]21. The van der Waals surface area contributed by atoms with Crippen molar-refractivity contribution in [3.05, 3.63) is 72.5 Å². The number of rotatable bonds is 10. The number of hydrogen-bond acceptors (Lipinski definition) is 8. The number of nitrogens with zero attached hydrogens (tertiary/aromatic N) is 4. The van der Waals surface area contributed by atoms with Gasteiger partial charge in [0.25, 0.3) is 0 Å². The fraction of sp³-hybridized carbons (Fsp3) is 0.387. The fourth-order valence-electron chi connectivity index (χ4n) is 6.13. The topological polar surface area (TPSA) is 127 Å². The second-order valence-corrected chi connectivity index (χ2v) is 12.2. The van der Waals surface area contributed by atoms with Crippen LogP contribution in [-0.4, -0.2) is 81.5 Å². The number of hydrogen-bond donors (Lipinski definition) is 3. The van der Waals surface area contributed by atoms with Crippen LogP contribution in [0.15, 0.2) is 70.7 Å². The number of piperazine rings is 1. The summed E-state index contributed by atoms with van der Waals surface area (Å²) in [4.78, 5) is 45.8. The van der Waals surface area contributed by atoms with Gasteiger partial charge in [-0.3, -0.25) is 14.6 Å². The Morgan fingerprint density at radius 3 is 2.95 bits per heavy atom. The molecule has 43 heavy (non-hydrogen) atoms. The molecule has 0 spiro atoms. The molecule has 0 aliphatic carbocycles. The number of fused-ring (bicyclic) bond motifs is 3. The van der Waals surface area contributed by atoms with E-state index in [9.17, 15) is 14.4 Å². The first-order chi connectivity index (χ1) is 20.9. The third kappa shape index (κ3) is 5.69. The molecule has 6 rings (SSSR count). The maximum absolute atomic E-state index is 14.2. The molecular weight excluding hydrogens is 566 g/mol. The van der Waals surface area contributed by atoms with Crippen LogP contribution in [0.4, 0.5) is 10.5 Å². The van der Waals surface area contributed by atoms with Gasteiger partial charge in [0, 0.05) is 29.8 Å². The molecule has 2 fully saturated rings. The summed E-state index contributed by atoms with van der Waals surface area (Å²) in [7, 11) is 0. The highest BCUT2D eigenvalue weighted by molar-refractivity contribution is 8.00. The van der Waals surface area contributed by atoms with E-state index in [-0.39, 0.29) is 43.0 Å². The molecule has 1 unspecified atom stereocenters. The third-order valence-corrected chi connectivity index (χ3v) is 9.15. The molecule has 12 heteroatoms. The highest BCUT2D eigenvalue weighted by Gasteiger charge is 2.52. The van der Waals surface area contributed by atoms with E-state index in [0.717, 1.165) is 45.5 Å². The van der Waals surface area contributed by atoms with Gasteiger partial charge >= 0.3 is 6.03 Å². The van der Waals surface area contributed by atoms with Gasteiger partial charge in [-0.25, -0.2) is 4.79 Å². The summed E-state index contributed by atoms with van der Waals surface area (Å²) < 4.78 is 5.50. The van der Waals surface area contributed by atoms with Crippen molar-refractivity contribution in [2.75, 3.05) is 31.5 Å². The molecule has 0 saturated carbocycles. The van der Waals surface area contributed by atoms with Crippen LogP contribution in [0.2, 0.25) is 0 Å². The van der Waals surface area contributed by atoms with Crippen LogP contribution in [0.25, 0.3) is 11.0 Å². The number of benzene rings is 2. The van der Waals surface area contributed by atoms with Gasteiger partial charge < -0.3 is 30.6 Å². The van der Waals surface area contributed by atoms with Crippen molar-refractivity contribution >= 4 is 46.3 Å². The van der Waals surface area contributed by atoms with Crippen LogP contribution < -0.4 is 16.4 Å². The molecule has 3 atom stereocenters. The molecule has 3 aliphatic rings. The molecule has 3 aromatic rings. The number of urea groups is 1. The minimum atomic E-state index is -0.740. The normalized spacial score (nSPS) is 21.6. The number of carbonyl (C=O) groups excluding carboxylic acids is 3. The highest BCUT2D eigenvalue weighted by atomic mass is 32.2. The summed E-state index contributed by atoms with van der Waals surface area (Å²) in [5, 5.41) is 10.6. The largest absolute Gasteiger partial charge is 0.464 e. The van der Waals surface area contributed by atoms with E-state index in [1.807, 2.05) is 42.5 Å². The molecule has 0 radical (unpaired) electrons. The van der Waals surface area contributed by atoms with E-state index in [1.165, 1.54) is 0 Å². The summed E-state index contributed by atoms with van der Waals surface area (Å²) in [6, 6.07) is 12.7. The minimum Gasteiger partial charge on any atom is -0.464 e. The first kappa shape index (κ1) is 29.1. The van der Waals surface area contributed by atoms with E-state index in [4.69, 9.17) is 10.2 Å². The van der Waals surface area contributed by atoms with Crippen LogP contribution >= 0.6 is 11.8 Å². The average Bonchev–Trinajstić information content (AvgIpc) is 3.70. The lowest BCUT2D eigenvalue weighted by atomic mass is 9.99. The summed E-state index contributed by atoms with van der Waals surface area (Å²) in [5.41, 5.74) is 9.47. The zero-order chi connectivity index (χ0) is 30.1. The van der Waals surface area contributed by atoms with E-state index < -0.39 is 12.2 Å². The lowest BCUT2D eigenvalue weighted by Crippen LogP contribution is -2.66. The van der Waals surface area contributed by atoms with Crippen LogP contribution in [0.1, 0.15) is 30.9 Å². The monoisotopic (exact) mass is 603 g/mol. The van der Waals surface area contributed by atoms with E-state index in [1.54, 1.807) is 43.9 Å². The lowest BCUT2D eigenvalue weighted by Gasteiger charge is -2.46. The molecule has 4 N–H and O–H groups in total. The Labute approximate surface area is 255 Å². The first-order valence-corrected chi connectivity index (χ1v) is 15.6. The molecule has 2 saturated heterocycles. The maximum Gasteiger partial charge on any atom is 0.332 e. The Morgan fingerprint density at radius 1 is 1.28 bits per heavy atom. The van der Waals surface area contributed by atoms with Crippen molar-refractivity contribution in [1.29, 1.82) is 0 Å². The summed E-state index contributed by atoms with van der Waals surface area (Å²) in [6.07, 6.45) is 4.90. The number of thioether (sulfide) groups is 1. The van der Waals surface area contributed by atoms with Crippen molar-refractivity contribution in [1.82, 2.24) is 25.1 Å². The molecule has 1 aromatic heterocycles. The first-order valence-electron chi connectivity index (χ1n) is 14.7. The van der Waals surface area contributed by atoms with Crippen molar-refractivity contribution in [2.45, 2.75) is 55.3 Å². The van der Waals surface area contributed by atoms with E-state index >= 15 is 0 Å². The molecule has 11 nitrogen and oxygen atoms in total.